The summed E-state index contributed by atoms with van der Waals surface area (Å²) in [5.74, 6) is 1.68. The third-order valence-corrected chi connectivity index (χ3v) is 4.91. The summed E-state index contributed by atoms with van der Waals surface area (Å²) in [4.78, 5) is 14.5. The molecule has 22 heavy (non-hydrogen) atoms. The molecule has 1 N–H and O–H groups in total. The summed E-state index contributed by atoms with van der Waals surface area (Å²) >= 11 is 7.55. The third-order valence-electron chi connectivity index (χ3n) is 3.67. The number of hydrogen-bond donors (Lipinski definition) is 1. The molecule has 1 heterocycles. The minimum absolute atomic E-state index is 0. The van der Waals surface area contributed by atoms with Gasteiger partial charge in [-0.25, -0.2) is 0 Å². The van der Waals surface area contributed by atoms with Crippen LogP contribution in [0.25, 0.3) is 0 Å². The van der Waals surface area contributed by atoms with Gasteiger partial charge in [0, 0.05) is 29.9 Å². The Balaban J connectivity index is 0.00000242. The van der Waals surface area contributed by atoms with Gasteiger partial charge in [0.15, 0.2) is 0 Å². The van der Waals surface area contributed by atoms with Gasteiger partial charge >= 0.3 is 0 Å². The molecule has 0 saturated carbocycles. The van der Waals surface area contributed by atoms with Crippen LogP contribution in [0.5, 0.6) is 0 Å². The van der Waals surface area contributed by atoms with Crippen molar-refractivity contribution in [3.63, 3.8) is 0 Å². The van der Waals surface area contributed by atoms with Crippen molar-refractivity contribution in [2.24, 2.45) is 0 Å². The lowest BCUT2D eigenvalue weighted by atomic mass is 10.2. The lowest BCUT2D eigenvalue weighted by Crippen LogP contribution is -2.43. The highest BCUT2D eigenvalue weighted by Gasteiger charge is 2.25. The highest BCUT2D eigenvalue weighted by molar-refractivity contribution is 7.99. The van der Waals surface area contributed by atoms with E-state index in [0.717, 1.165) is 43.3 Å². The topological polar surface area (TPSA) is 32.3 Å². The fourth-order valence-corrected chi connectivity index (χ4v) is 3.57. The first-order valence-corrected chi connectivity index (χ1v) is 9.06. The molecular weight excluding hydrogens is 339 g/mol. The van der Waals surface area contributed by atoms with Gasteiger partial charge in [-0.1, -0.05) is 30.7 Å². The number of benzene rings is 1. The van der Waals surface area contributed by atoms with Gasteiger partial charge in [-0.2, -0.15) is 0 Å². The first-order valence-electron chi connectivity index (χ1n) is 7.53. The molecule has 0 spiro atoms. The van der Waals surface area contributed by atoms with Crippen LogP contribution in [-0.2, 0) is 10.5 Å². The maximum absolute atomic E-state index is 12.4. The molecule has 1 unspecified atom stereocenters. The van der Waals surface area contributed by atoms with Gasteiger partial charge < -0.3 is 10.2 Å². The van der Waals surface area contributed by atoms with Crippen LogP contribution in [0.3, 0.4) is 0 Å². The van der Waals surface area contributed by atoms with Gasteiger partial charge in [0.2, 0.25) is 5.91 Å². The van der Waals surface area contributed by atoms with Crippen molar-refractivity contribution >= 4 is 41.7 Å². The Morgan fingerprint density at radius 3 is 2.73 bits per heavy atom. The van der Waals surface area contributed by atoms with E-state index in [1.54, 1.807) is 11.8 Å². The van der Waals surface area contributed by atoms with Gasteiger partial charge in [0.1, 0.15) is 0 Å². The van der Waals surface area contributed by atoms with Crippen molar-refractivity contribution in [3.8, 4) is 0 Å². The monoisotopic (exact) mass is 362 g/mol. The Morgan fingerprint density at radius 1 is 1.41 bits per heavy atom. The maximum atomic E-state index is 12.4. The molecule has 124 valence electrons. The van der Waals surface area contributed by atoms with Gasteiger partial charge in [-0.3, -0.25) is 4.79 Å². The normalized spacial score (nSPS) is 17.1. The van der Waals surface area contributed by atoms with E-state index in [4.69, 9.17) is 11.6 Å². The van der Waals surface area contributed by atoms with Crippen molar-refractivity contribution in [1.29, 1.82) is 0 Å². The van der Waals surface area contributed by atoms with Crippen LogP contribution in [-0.4, -0.2) is 42.2 Å². The molecule has 1 fully saturated rings. The first kappa shape index (κ1) is 19.6. The number of halogens is 2. The molecule has 1 saturated heterocycles. The largest absolute Gasteiger partial charge is 0.338 e. The quantitative estimate of drug-likeness (QED) is 0.804. The van der Waals surface area contributed by atoms with Crippen LogP contribution in [0.1, 0.15) is 25.3 Å². The molecule has 0 aliphatic carbocycles. The van der Waals surface area contributed by atoms with Crippen LogP contribution < -0.4 is 5.32 Å². The summed E-state index contributed by atoms with van der Waals surface area (Å²) in [5, 5.41) is 4.09. The third kappa shape index (κ3) is 5.99. The Bertz CT molecular complexity index is 450. The number of rotatable bonds is 7. The number of hydrogen-bond acceptors (Lipinski definition) is 3. The van der Waals surface area contributed by atoms with Crippen LogP contribution in [0.2, 0.25) is 5.02 Å². The molecule has 2 rings (SSSR count). The summed E-state index contributed by atoms with van der Waals surface area (Å²) in [6.45, 7) is 4.96. The number of amides is 1. The standard InChI is InChI=1S/C16H23ClN2OS.ClH/c1-2-9-19(15-7-8-18-10-15)16(20)12-21-11-13-3-5-14(17)6-4-13;/h3-6,15,18H,2,7-12H2,1H3;1H. The molecule has 1 aromatic carbocycles. The Labute approximate surface area is 148 Å². The SMILES string of the molecule is CCCN(C(=O)CSCc1ccc(Cl)cc1)C1CCNC1.Cl. The maximum Gasteiger partial charge on any atom is 0.232 e. The van der Waals surface area contributed by atoms with Gasteiger partial charge in [0.05, 0.1) is 5.75 Å². The van der Waals surface area contributed by atoms with Crippen molar-refractivity contribution in [1.82, 2.24) is 10.2 Å². The molecule has 0 aromatic heterocycles. The molecular formula is C16H24Cl2N2OS. The smallest absolute Gasteiger partial charge is 0.232 e. The zero-order valence-electron chi connectivity index (χ0n) is 12.9. The number of carbonyl (C=O) groups excluding carboxylic acids is 1. The molecule has 1 amide bonds. The second-order valence-electron chi connectivity index (χ2n) is 5.35. The predicted molar refractivity (Wildman–Crippen MR) is 98.1 cm³/mol. The second-order valence-corrected chi connectivity index (χ2v) is 6.78. The van der Waals surface area contributed by atoms with E-state index in [-0.39, 0.29) is 18.3 Å². The summed E-state index contributed by atoms with van der Waals surface area (Å²) in [5.41, 5.74) is 1.21. The number of thioether (sulfide) groups is 1. The van der Waals surface area contributed by atoms with Crippen molar-refractivity contribution < 1.29 is 4.79 Å². The average Bonchev–Trinajstić information content (AvgIpc) is 3.00. The van der Waals surface area contributed by atoms with Crippen LogP contribution >= 0.6 is 35.8 Å². The van der Waals surface area contributed by atoms with Crippen LogP contribution in [0, 0.1) is 0 Å². The summed E-state index contributed by atoms with van der Waals surface area (Å²) in [6, 6.07) is 8.21. The molecule has 0 radical (unpaired) electrons. The molecule has 1 aromatic rings. The van der Waals surface area contributed by atoms with E-state index < -0.39 is 0 Å². The van der Waals surface area contributed by atoms with Gasteiger partial charge in [-0.05, 0) is 37.1 Å². The number of nitrogens with one attached hydrogen (secondary N) is 1. The van der Waals surface area contributed by atoms with Gasteiger partial charge in [0.25, 0.3) is 0 Å². The highest BCUT2D eigenvalue weighted by atomic mass is 35.5. The summed E-state index contributed by atoms with van der Waals surface area (Å²) < 4.78 is 0. The van der Waals surface area contributed by atoms with Crippen LogP contribution in [0.4, 0.5) is 0 Å². The Hall–Kier alpha value is -0.420. The Morgan fingerprint density at radius 2 is 2.14 bits per heavy atom. The van der Waals surface area contributed by atoms with E-state index >= 15 is 0 Å². The van der Waals surface area contributed by atoms with E-state index in [1.807, 2.05) is 24.3 Å². The van der Waals surface area contributed by atoms with Gasteiger partial charge in [-0.15, -0.1) is 24.2 Å². The van der Waals surface area contributed by atoms with Crippen LogP contribution in [0.15, 0.2) is 24.3 Å². The second kappa shape index (κ2) is 10.4. The molecule has 1 aliphatic heterocycles. The van der Waals surface area contributed by atoms with E-state index in [9.17, 15) is 4.79 Å². The molecule has 6 heteroatoms. The molecule has 1 aliphatic rings. The summed E-state index contributed by atoms with van der Waals surface area (Å²) in [6.07, 6.45) is 2.09. The zero-order chi connectivity index (χ0) is 15.1. The average molecular weight is 363 g/mol. The lowest BCUT2D eigenvalue weighted by Gasteiger charge is -2.28. The predicted octanol–water partition coefficient (Wildman–Crippen LogP) is 3.60. The number of nitrogens with zero attached hydrogens (tertiary/aromatic N) is 1. The van der Waals surface area contributed by atoms with E-state index in [2.05, 4.69) is 17.1 Å². The van der Waals surface area contributed by atoms with Crippen molar-refractivity contribution in [3.05, 3.63) is 34.9 Å². The minimum Gasteiger partial charge on any atom is -0.338 e. The molecule has 1 atom stereocenters. The molecule has 0 bridgehead atoms. The van der Waals surface area contributed by atoms with Crippen molar-refractivity contribution in [2.75, 3.05) is 25.4 Å². The van der Waals surface area contributed by atoms with Crippen molar-refractivity contribution in [2.45, 2.75) is 31.6 Å². The zero-order valence-corrected chi connectivity index (χ0v) is 15.3. The van der Waals surface area contributed by atoms with E-state index in [0.29, 0.717) is 11.8 Å². The fourth-order valence-electron chi connectivity index (χ4n) is 2.58. The molecule has 3 nitrogen and oxygen atoms in total. The first-order chi connectivity index (χ1) is 10.2. The number of carbonyl (C=O) groups is 1. The highest BCUT2D eigenvalue weighted by Crippen LogP contribution is 2.17. The van der Waals surface area contributed by atoms with E-state index in [1.165, 1.54) is 5.56 Å². The fraction of sp³-hybridized carbons (Fsp3) is 0.562. The Kier molecular flexibility index (Phi) is 9.25. The minimum atomic E-state index is 0. The summed E-state index contributed by atoms with van der Waals surface area (Å²) in [7, 11) is 0. The lowest BCUT2D eigenvalue weighted by molar-refractivity contribution is -0.130.